The predicted molar refractivity (Wildman–Crippen MR) is 59.1 cm³/mol. The molecule has 76 valence electrons. The van der Waals surface area contributed by atoms with Gasteiger partial charge in [-0.1, -0.05) is 31.2 Å². The van der Waals surface area contributed by atoms with E-state index in [4.69, 9.17) is 0 Å². The molecule has 0 amide bonds. The van der Waals surface area contributed by atoms with Gasteiger partial charge in [0.1, 0.15) is 6.29 Å². The number of hydrogen-bond donors (Lipinski definition) is 1. The maximum Gasteiger partial charge on any atom is 0.150 e. The number of allylic oxidation sites excluding steroid dienone is 5. The quantitative estimate of drug-likeness (QED) is 0.687. The Morgan fingerprint density at radius 3 is 3.00 bits per heavy atom. The molecular weight excluding hydrogens is 174 g/mol. The van der Waals surface area contributed by atoms with E-state index in [9.17, 15) is 4.79 Å². The summed E-state index contributed by atoms with van der Waals surface area (Å²) in [6.07, 6.45) is 10.0. The van der Waals surface area contributed by atoms with Crippen LogP contribution in [0.1, 0.15) is 13.3 Å². The first kappa shape index (κ1) is 10.9. The second-order valence-electron chi connectivity index (χ2n) is 3.53. The van der Waals surface area contributed by atoms with Crippen LogP contribution < -0.4 is 5.32 Å². The molecule has 0 aromatic heterocycles. The topological polar surface area (TPSA) is 29.1 Å². The zero-order valence-electron chi connectivity index (χ0n) is 8.79. The van der Waals surface area contributed by atoms with E-state index >= 15 is 0 Å². The van der Waals surface area contributed by atoms with Crippen molar-refractivity contribution >= 4 is 6.29 Å². The van der Waals surface area contributed by atoms with E-state index < -0.39 is 0 Å². The van der Waals surface area contributed by atoms with Gasteiger partial charge in [-0.25, -0.2) is 0 Å². The van der Waals surface area contributed by atoms with E-state index in [0.29, 0.717) is 5.92 Å². The summed E-state index contributed by atoms with van der Waals surface area (Å²) in [5, 5.41) is 3.08. The molecule has 1 aliphatic rings. The molecule has 0 saturated carbocycles. The lowest BCUT2D eigenvalue weighted by atomic mass is 10.0. The van der Waals surface area contributed by atoms with Crippen LogP contribution in [0.5, 0.6) is 0 Å². The van der Waals surface area contributed by atoms with Crippen molar-refractivity contribution in [2.24, 2.45) is 5.92 Å². The number of hydrogen-bond acceptors (Lipinski definition) is 2. The summed E-state index contributed by atoms with van der Waals surface area (Å²) < 4.78 is 0. The molecule has 0 radical (unpaired) electrons. The Kier molecular flexibility index (Phi) is 4.33. The van der Waals surface area contributed by atoms with Crippen molar-refractivity contribution in [2.75, 3.05) is 13.6 Å². The Balaban J connectivity index is 2.79. The first-order valence-electron chi connectivity index (χ1n) is 4.97. The van der Waals surface area contributed by atoms with Gasteiger partial charge in [0.2, 0.25) is 0 Å². The fraction of sp³-hybridized carbons (Fsp3) is 0.417. The fourth-order valence-electron chi connectivity index (χ4n) is 1.49. The Bertz CT molecular complexity index is 287. The molecule has 2 nitrogen and oxygen atoms in total. The molecule has 1 aliphatic carbocycles. The third kappa shape index (κ3) is 2.96. The number of carbonyl (C=O) groups excluding carboxylic acids is 1. The Hall–Kier alpha value is -1.15. The van der Waals surface area contributed by atoms with Crippen LogP contribution >= 0.6 is 0 Å². The van der Waals surface area contributed by atoms with Gasteiger partial charge in [0, 0.05) is 5.57 Å². The van der Waals surface area contributed by atoms with Gasteiger partial charge in [-0.2, -0.15) is 0 Å². The number of nitrogens with one attached hydrogen (secondary N) is 1. The van der Waals surface area contributed by atoms with Gasteiger partial charge in [-0.15, -0.1) is 0 Å². The molecule has 1 N–H and O–H groups in total. The molecule has 0 bridgehead atoms. The third-order valence-electron chi connectivity index (χ3n) is 2.30. The van der Waals surface area contributed by atoms with Gasteiger partial charge in [-0.3, -0.25) is 4.79 Å². The molecular formula is C12H17NO. The largest absolute Gasteiger partial charge is 0.319 e. The normalized spacial score (nSPS) is 21.1. The summed E-state index contributed by atoms with van der Waals surface area (Å²) in [5.74, 6) is 0.346. The number of carbonyl (C=O) groups is 1. The van der Waals surface area contributed by atoms with Crippen LogP contribution in [0.25, 0.3) is 0 Å². The lowest BCUT2D eigenvalue weighted by Crippen LogP contribution is -2.09. The smallest absolute Gasteiger partial charge is 0.150 e. The van der Waals surface area contributed by atoms with Crippen molar-refractivity contribution in [3.63, 3.8) is 0 Å². The molecule has 0 aromatic rings. The molecule has 1 unspecified atom stereocenters. The highest BCUT2D eigenvalue weighted by Crippen LogP contribution is 2.18. The Labute approximate surface area is 85.4 Å². The monoisotopic (exact) mass is 191 g/mol. The molecule has 1 rings (SSSR count). The van der Waals surface area contributed by atoms with Crippen molar-refractivity contribution in [1.29, 1.82) is 0 Å². The van der Waals surface area contributed by atoms with Gasteiger partial charge in [0.05, 0.1) is 0 Å². The summed E-state index contributed by atoms with van der Waals surface area (Å²) in [5.41, 5.74) is 1.95. The van der Waals surface area contributed by atoms with Gasteiger partial charge >= 0.3 is 0 Å². The Morgan fingerprint density at radius 1 is 1.57 bits per heavy atom. The summed E-state index contributed by atoms with van der Waals surface area (Å²) in [6, 6.07) is 0. The SMILES string of the molecule is CNCCC1=CC=CC(C)C=C1C=O. The molecule has 0 heterocycles. The summed E-state index contributed by atoms with van der Waals surface area (Å²) in [4.78, 5) is 10.9. The molecule has 0 aromatic carbocycles. The van der Waals surface area contributed by atoms with E-state index in [1.807, 2.05) is 25.3 Å². The average Bonchev–Trinajstić information content (AvgIpc) is 2.36. The van der Waals surface area contributed by atoms with Gasteiger partial charge in [0.25, 0.3) is 0 Å². The van der Waals surface area contributed by atoms with Crippen molar-refractivity contribution in [3.8, 4) is 0 Å². The Morgan fingerprint density at radius 2 is 2.36 bits per heavy atom. The molecule has 14 heavy (non-hydrogen) atoms. The molecule has 0 spiro atoms. The van der Waals surface area contributed by atoms with Crippen molar-refractivity contribution in [1.82, 2.24) is 5.32 Å². The maximum absolute atomic E-state index is 10.9. The molecule has 0 saturated heterocycles. The van der Waals surface area contributed by atoms with Crippen LogP contribution in [0.15, 0.2) is 35.5 Å². The average molecular weight is 191 g/mol. The maximum atomic E-state index is 10.9. The lowest BCUT2D eigenvalue weighted by Gasteiger charge is -2.05. The van der Waals surface area contributed by atoms with Crippen LogP contribution in [0.2, 0.25) is 0 Å². The minimum atomic E-state index is 0.346. The van der Waals surface area contributed by atoms with Crippen LogP contribution in [0.3, 0.4) is 0 Å². The van der Waals surface area contributed by atoms with E-state index in [1.165, 1.54) is 0 Å². The number of aldehydes is 1. The summed E-state index contributed by atoms with van der Waals surface area (Å²) in [7, 11) is 1.92. The third-order valence-corrected chi connectivity index (χ3v) is 2.30. The molecule has 2 heteroatoms. The van der Waals surface area contributed by atoms with Gasteiger partial charge < -0.3 is 5.32 Å². The molecule has 0 aliphatic heterocycles. The summed E-state index contributed by atoms with van der Waals surface area (Å²) >= 11 is 0. The second-order valence-corrected chi connectivity index (χ2v) is 3.53. The summed E-state index contributed by atoms with van der Waals surface area (Å²) in [6.45, 7) is 2.98. The zero-order chi connectivity index (χ0) is 10.4. The minimum absolute atomic E-state index is 0.346. The van der Waals surface area contributed by atoms with Crippen molar-refractivity contribution in [2.45, 2.75) is 13.3 Å². The fourth-order valence-corrected chi connectivity index (χ4v) is 1.49. The lowest BCUT2D eigenvalue weighted by molar-refractivity contribution is -0.104. The number of rotatable bonds is 4. The van der Waals surface area contributed by atoms with Gasteiger partial charge in [-0.05, 0) is 31.5 Å². The molecule has 0 fully saturated rings. The van der Waals surface area contributed by atoms with Gasteiger partial charge in [0.15, 0.2) is 0 Å². The van der Waals surface area contributed by atoms with E-state index in [-0.39, 0.29) is 0 Å². The molecule has 1 atom stereocenters. The second kappa shape index (κ2) is 5.55. The van der Waals surface area contributed by atoms with Crippen LogP contribution in [0.4, 0.5) is 0 Å². The highest BCUT2D eigenvalue weighted by atomic mass is 16.1. The standard InChI is InChI=1S/C12H17NO/c1-10-4-3-5-11(6-7-13-2)12(8-10)9-14/h3-5,8-10,13H,6-7H2,1-2H3. The highest BCUT2D eigenvalue weighted by Gasteiger charge is 2.07. The van der Waals surface area contributed by atoms with E-state index in [0.717, 1.165) is 30.4 Å². The highest BCUT2D eigenvalue weighted by molar-refractivity contribution is 5.80. The van der Waals surface area contributed by atoms with Crippen molar-refractivity contribution in [3.05, 3.63) is 35.5 Å². The zero-order valence-corrected chi connectivity index (χ0v) is 8.79. The van der Waals surface area contributed by atoms with Crippen LogP contribution in [0, 0.1) is 5.92 Å². The van der Waals surface area contributed by atoms with Crippen LogP contribution in [-0.2, 0) is 4.79 Å². The predicted octanol–water partition coefficient (Wildman–Crippen LogP) is 1.85. The van der Waals surface area contributed by atoms with Crippen molar-refractivity contribution < 1.29 is 4.79 Å². The van der Waals surface area contributed by atoms with E-state index in [2.05, 4.69) is 18.3 Å². The van der Waals surface area contributed by atoms with E-state index in [1.54, 1.807) is 0 Å². The van der Waals surface area contributed by atoms with Crippen LogP contribution in [-0.4, -0.2) is 19.9 Å². The first-order chi connectivity index (χ1) is 6.77. The minimum Gasteiger partial charge on any atom is -0.319 e. The first-order valence-corrected chi connectivity index (χ1v) is 4.97.